The Labute approximate surface area is 170 Å². The second-order valence-electron chi connectivity index (χ2n) is 6.65. The lowest BCUT2D eigenvalue weighted by atomic mass is 10.1. The first-order chi connectivity index (χ1) is 14.7. The molecule has 0 fully saturated rings. The van der Waals surface area contributed by atoms with Gasteiger partial charge >= 0.3 is 0 Å². The van der Waals surface area contributed by atoms with Crippen LogP contribution in [-0.4, -0.2) is 45.9 Å². The number of nitrogens with one attached hydrogen (secondary N) is 1. The van der Waals surface area contributed by atoms with Gasteiger partial charge in [0, 0.05) is 19.2 Å². The fraction of sp³-hybridized carbons (Fsp3) is 0.158. The fourth-order valence-corrected chi connectivity index (χ4v) is 3.01. The second-order valence-corrected chi connectivity index (χ2v) is 6.65. The Morgan fingerprint density at radius 3 is 2.63 bits per heavy atom. The molecule has 0 saturated heterocycles. The minimum atomic E-state index is 0.194. The van der Waals surface area contributed by atoms with Gasteiger partial charge in [-0.1, -0.05) is 24.3 Å². The van der Waals surface area contributed by atoms with Gasteiger partial charge in [0.2, 0.25) is 17.7 Å². The topological polar surface area (TPSA) is 138 Å². The maximum atomic E-state index is 6.01. The maximum absolute atomic E-state index is 6.01. The number of anilines is 2. The zero-order chi connectivity index (χ0) is 20.5. The molecule has 3 N–H and O–H groups in total. The van der Waals surface area contributed by atoms with Crippen molar-refractivity contribution in [2.24, 2.45) is 7.05 Å². The molecule has 0 aliphatic carbocycles. The Kier molecular flexibility index (Phi) is 4.32. The minimum absolute atomic E-state index is 0.194. The molecule has 4 heterocycles. The summed E-state index contributed by atoms with van der Waals surface area (Å²) in [4.78, 5) is 17.2. The Bertz CT molecular complexity index is 1290. The average Bonchev–Trinajstić information content (AvgIpc) is 3.49. The molecule has 30 heavy (non-hydrogen) atoms. The van der Waals surface area contributed by atoms with Gasteiger partial charge in [0.15, 0.2) is 11.6 Å². The number of hydrogen-bond acceptors (Lipinski definition) is 9. The van der Waals surface area contributed by atoms with Crippen molar-refractivity contribution in [2.75, 3.05) is 17.6 Å². The summed E-state index contributed by atoms with van der Waals surface area (Å²) < 4.78 is 8.38. The number of nitrogens with zero attached hydrogens (tertiary/aromatic N) is 8. The van der Waals surface area contributed by atoms with E-state index in [4.69, 9.17) is 10.2 Å². The van der Waals surface area contributed by atoms with Crippen LogP contribution in [0.25, 0.3) is 28.8 Å². The van der Waals surface area contributed by atoms with Crippen LogP contribution in [0.2, 0.25) is 0 Å². The van der Waals surface area contributed by atoms with E-state index in [2.05, 4.69) is 47.6 Å². The van der Waals surface area contributed by atoms with Gasteiger partial charge in [-0.3, -0.25) is 4.68 Å². The molecular weight excluding hydrogens is 384 g/mol. The molecule has 11 heteroatoms. The summed E-state index contributed by atoms with van der Waals surface area (Å²) in [6.07, 6.45) is 4.03. The smallest absolute Gasteiger partial charge is 0.259 e. The molecular formula is C19H18N10O. The lowest BCUT2D eigenvalue weighted by molar-refractivity contribution is 0.577. The molecule has 0 saturated carbocycles. The van der Waals surface area contributed by atoms with E-state index in [9.17, 15) is 0 Å². The summed E-state index contributed by atoms with van der Waals surface area (Å²) in [5.74, 6) is 2.59. The van der Waals surface area contributed by atoms with E-state index in [0.29, 0.717) is 35.7 Å². The van der Waals surface area contributed by atoms with Crippen molar-refractivity contribution >= 4 is 17.7 Å². The maximum Gasteiger partial charge on any atom is 0.259 e. The molecule has 5 aromatic rings. The van der Waals surface area contributed by atoms with Crippen LogP contribution in [0.1, 0.15) is 5.56 Å². The Morgan fingerprint density at radius 2 is 1.90 bits per heavy atom. The van der Waals surface area contributed by atoms with Crippen molar-refractivity contribution in [3.05, 3.63) is 54.6 Å². The predicted octanol–water partition coefficient (Wildman–Crippen LogP) is 1.81. The summed E-state index contributed by atoms with van der Waals surface area (Å²) in [5.41, 5.74) is 8.15. The van der Waals surface area contributed by atoms with Crippen LogP contribution < -0.4 is 11.1 Å². The standard InChI is InChI=1S/C19H18N10O/c1-28-11-22-15(26-28)13-6-4-12(5-7-13)8-9-21-18-24-17(20)29-19(25-18)23-16(27-29)14-3-2-10-30-14/h2-7,10-11H,8-9H2,1H3,(H3,20,21,23,24,25,27). The number of nitrogens with two attached hydrogens (primary N) is 1. The minimum Gasteiger partial charge on any atom is -0.461 e. The molecule has 0 radical (unpaired) electrons. The van der Waals surface area contributed by atoms with Crippen molar-refractivity contribution in [1.82, 2.24) is 39.3 Å². The van der Waals surface area contributed by atoms with Crippen molar-refractivity contribution in [3.8, 4) is 23.0 Å². The monoisotopic (exact) mass is 402 g/mol. The van der Waals surface area contributed by atoms with Gasteiger partial charge in [-0.05, 0) is 24.1 Å². The van der Waals surface area contributed by atoms with Crippen LogP contribution in [0.3, 0.4) is 0 Å². The number of benzene rings is 1. The summed E-state index contributed by atoms with van der Waals surface area (Å²) >= 11 is 0. The highest BCUT2D eigenvalue weighted by molar-refractivity contribution is 5.55. The molecule has 0 spiro atoms. The molecule has 0 atom stereocenters. The SMILES string of the molecule is Cn1cnc(-c2ccc(CCNc3nc(N)n4nc(-c5ccco5)nc4n3)cc2)n1. The highest BCUT2D eigenvalue weighted by Crippen LogP contribution is 2.18. The van der Waals surface area contributed by atoms with Crippen LogP contribution in [0.15, 0.2) is 53.4 Å². The molecule has 4 aromatic heterocycles. The van der Waals surface area contributed by atoms with E-state index >= 15 is 0 Å². The van der Waals surface area contributed by atoms with E-state index in [1.165, 1.54) is 10.1 Å². The number of rotatable bonds is 6. The third-order valence-corrected chi connectivity index (χ3v) is 4.48. The van der Waals surface area contributed by atoms with E-state index in [1.54, 1.807) is 29.4 Å². The molecule has 150 valence electrons. The highest BCUT2D eigenvalue weighted by atomic mass is 16.3. The molecule has 5 rings (SSSR count). The average molecular weight is 402 g/mol. The first kappa shape index (κ1) is 17.8. The lowest BCUT2D eigenvalue weighted by Gasteiger charge is -2.06. The highest BCUT2D eigenvalue weighted by Gasteiger charge is 2.13. The van der Waals surface area contributed by atoms with Gasteiger partial charge in [0.25, 0.3) is 5.78 Å². The number of fused-ring (bicyclic) bond motifs is 1. The number of aryl methyl sites for hydroxylation is 1. The Hall–Kier alpha value is -4.28. The van der Waals surface area contributed by atoms with Gasteiger partial charge in [0.05, 0.1) is 6.26 Å². The number of nitrogen functional groups attached to an aromatic ring is 1. The summed E-state index contributed by atoms with van der Waals surface area (Å²) in [5, 5.41) is 11.8. The van der Waals surface area contributed by atoms with Gasteiger partial charge in [0.1, 0.15) is 6.33 Å². The van der Waals surface area contributed by atoms with E-state index in [0.717, 1.165) is 12.0 Å². The molecule has 1 aromatic carbocycles. The van der Waals surface area contributed by atoms with Crippen LogP contribution >= 0.6 is 0 Å². The third-order valence-electron chi connectivity index (χ3n) is 4.48. The normalized spacial score (nSPS) is 11.2. The van der Waals surface area contributed by atoms with Crippen LogP contribution in [0.5, 0.6) is 0 Å². The van der Waals surface area contributed by atoms with E-state index in [1.807, 2.05) is 19.2 Å². The lowest BCUT2D eigenvalue weighted by Crippen LogP contribution is -2.12. The first-order valence-corrected chi connectivity index (χ1v) is 9.29. The van der Waals surface area contributed by atoms with Gasteiger partial charge in [-0.2, -0.15) is 24.6 Å². The Balaban J connectivity index is 1.26. The van der Waals surface area contributed by atoms with Crippen molar-refractivity contribution in [1.29, 1.82) is 0 Å². The number of hydrogen-bond donors (Lipinski definition) is 2. The summed E-state index contributed by atoms with van der Waals surface area (Å²) in [6.45, 7) is 0.635. The van der Waals surface area contributed by atoms with Gasteiger partial charge in [-0.15, -0.1) is 5.10 Å². The molecule has 0 bridgehead atoms. The predicted molar refractivity (Wildman–Crippen MR) is 109 cm³/mol. The molecule has 0 aliphatic rings. The zero-order valence-electron chi connectivity index (χ0n) is 16.1. The largest absolute Gasteiger partial charge is 0.461 e. The Morgan fingerprint density at radius 1 is 1.03 bits per heavy atom. The fourth-order valence-electron chi connectivity index (χ4n) is 3.01. The molecule has 0 aliphatic heterocycles. The number of aromatic nitrogens is 8. The first-order valence-electron chi connectivity index (χ1n) is 9.29. The van der Waals surface area contributed by atoms with Gasteiger partial charge < -0.3 is 15.5 Å². The molecule has 0 amide bonds. The third kappa shape index (κ3) is 3.43. The quantitative estimate of drug-likeness (QED) is 0.435. The van der Waals surface area contributed by atoms with E-state index < -0.39 is 0 Å². The summed E-state index contributed by atoms with van der Waals surface area (Å²) in [7, 11) is 1.85. The van der Waals surface area contributed by atoms with Crippen LogP contribution in [-0.2, 0) is 13.5 Å². The van der Waals surface area contributed by atoms with Crippen LogP contribution in [0, 0.1) is 0 Å². The summed E-state index contributed by atoms with van der Waals surface area (Å²) in [6, 6.07) is 11.7. The van der Waals surface area contributed by atoms with Crippen molar-refractivity contribution in [2.45, 2.75) is 6.42 Å². The second kappa shape index (κ2) is 7.28. The van der Waals surface area contributed by atoms with Crippen LogP contribution in [0.4, 0.5) is 11.9 Å². The molecule has 0 unspecified atom stereocenters. The molecule has 11 nitrogen and oxygen atoms in total. The van der Waals surface area contributed by atoms with Crippen molar-refractivity contribution in [3.63, 3.8) is 0 Å². The van der Waals surface area contributed by atoms with Gasteiger partial charge in [-0.25, -0.2) is 4.98 Å². The number of furan rings is 1. The zero-order valence-corrected chi connectivity index (χ0v) is 16.1. The van der Waals surface area contributed by atoms with Crippen molar-refractivity contribution < 1.29 is 4.42 Å². The van der Waals surface area contributed by atoms with E-state index in [-0.39, 0.29) is 5.95 Å².